The summed E-state index contributed by atoms with van der Waals surface area (Å²) >= 11 is 0. The molecule has 0 atom stereocenters. The van der Waals surface area contributed by atoms with E-state index in [1.165, 1.54) is 28.0 Å². The number of aliphatic hydroxyl groups is 1. The Morgan fingerprint density at radius 1 is 1.00 bits per heavy atom. The van der Waals surface area contributed by atoms with Gasteiger partial charge < -0.3 is 10.1 Å². The van der Waals surface area contributed by atoms with Gasteiger partial charge in [0.15, 0.2) is 5.78 Å². The molecule has 0 fully saturated rings. The molecule has 3 aromatic rings. The second-order valence-corrected chi connectivity index (χ2v) is 11.4. The Labute approximate surface area is 238 Å². The van der Waals surface area contributed by atoms with Gasteiger partial charge in [-0.25, -0.2) is 0 Å². The van der Waals surface area contributed by atoms with Crippen molar-refractivity contribution in [2.24, 2.45) is 10.8 Å². The maximum Gasteiger partial charge on any atom is 0.164 e. The molecule has 0 amide bonds. The van der Waals surface area contributed by atoms with E-state index in [2.05, 4.69) is 75.1 Å². The molecule has 0 aliphatic carbocycles. The summed E-state index contributed by atoms with van der Waals surface area (Å²) in [6.07, 6.45) is 4.88. The third-order valence-electron chi connectivity index (χ3n) is 7.26. The molecule has 4 heteroatoms. The van der Waals surface area contributed by atoms with E-state index in [1.807, 2.05) is 47.7 Å². The summed E-state index contributed by atoms with van der Waals surface area (Å²) in [4.78, 5) is 16.5. The first-order chi connectivity index (χ1) is 16.7. The molecule has 1 radical (unpaired) electrons. The average molecular weight is 679 g/mol. The van der Waals surface area contributed by atoms with Crippen LogP contribution >= 0.6 is 0 Å². The van der Waals surface area contributed by atoms with Gasteiger partial charge in [-0.2, -0.15) is 0 Å². The van der Waals surface area contributed by atoms with Crippen LogP contribution < -0.4 is 0 Å². The predicted octanol–water partition coefficient (Wildman–Crippen LogP) is 9.31. The van der Waals surface area contributed by atoms with Crippen molar-refractivity contribution in [1.29, 1.82) is 0 Å². The fourth-order valence-corrected chi connectivity index (χ4v) is 3.65. The number of ketones is 1. The molecule has 3 nitrogen and oxygen atoms in total. The molecular formula is C33H44IrNO2-. The molecule has 0 saturated carbocycles. The van der Waals surface area contributed by atoms with E-state index < -0.39 is 0 Å². The van der Waals surface area contributed by atoms with Gasteiger partial charge in [-0.3, -0.25) is 4.79 Å². The van der Waals surface area contributed by atoms with Crippen molar-refractivity contribution < 1.29 is 30.0 Å². The SMILES string of the molecule is CCC(C)(C)C(=O)/C=C(\O)C(C)(C)CC.Cc1[c-]c(-c2nccc3ccc(C(C)C)cc23)cc(C)c1.[Ir]. The smallest absolute Gasteiger partial charge is 0.164 e. The zero-order chi connectivity index (χ0) is 27.3. The fourth-order valence-electron chi connectivity index (χ4n) is 3.65. The average Bonchev–Trinajstić information content (AvgIpc) is 2.82. The van der Waals surface area contributed by atoms with Crippen molar-refractivity contribution in [1.82, 2.24) is 4.98 Å². The molecule has 203 valence electrons. The number of nitrogens with zero attached hydrogens (tertiary/aromatic N) is 1. The molecule has 0 aliphatic rings. The molecule has 1 N–H and O–H groups in total. The Morgan fingerprint density at radius 3 is 2.16 bits per heavy atom. The van der Waals surface area contributed by atoms with Gasteiger partial charge in [0.05, 0.1) is 0 Å². The second kappa shape index (κ2) is 13.5. The topological polar surface area (TPSA) is 50.2 Å². The quantitative estimate of drug-likeness (QED) is 0.154. The van der Waals surface area contributed by atoms with E-state index in [0.717, 1.165) is 29.7 Å². The van der Waals surface area contributed by atoms with Crippen LogP contribution in [0.15, 0.2) is 54.4 Å². The van der Waals surface area contributed by atoms with Crippen LogP contribution in [0.4, 0.5) is 0 Å². The molecule has 0 aliphatic heterocycles. The molecule has 0 spiro atoms. The van der Waals surface area contributed by atoms with Crippen molar-refractivity contribution >= 4 is 16.6 Å². The second-order valence-electron chi connectivity index (χ2n) is 11.4. The number of hydrogen-bond donors (Lipinski definition) is 1. The number of pyridine rings is 1. The number of rotatable bonds is 7. The summed E-state index contributed by atoms with van der Waals surface area (Å²) in [5.74, 6) is 0.714. The van der Waals surface area contributed by atoms with Gasteiger partial charge in [0, 0.05) is 43.2 Å². The Morgan fingerprint density at radius 2 is 1.62 bits per heavy atom. The molecule has 0 saturated heterocycles. The predicted molar refractivity (Wildman–Crippen MR) is 153 cm³/mol. The largest absolute Gasteiger partial charge is 0.512 e. The number of allylic oxidation sites excluding steroid dienone is 2. The van der Waals surface area contributed by atoms with Crippen LogP contribution in [0.5, 0.6) is 0 Å². The number of carbonyl (C=O) groups excluding carboxylic acids is 1. The number of benzene rings is 2. The number of carbonyl (C=O) groups is 1. The first kappa shape index (κ1) is 32.7. The monoisotopic (exact) mass is 679 g/mol. The fraction of sp³-hybridized carbons (Fsp3) is 0.455. The van der Waals surface area contributed by atoms with Crippen LogP contribution in [-0.4, -0.2) is 15.9 Å². The first-order valence-electron chi connectivity index (χ1n) is 13.1. The van der Waals surface area contributed by atoms with E-state index >= 15 is 0 Å². The first-order valence-corrected chi connectivity index (χ1v) is 13.1. The molecule has 1 heterocycles. The number of aromatic nitrogens is 1. The van der Waals surface area contributed by atoms with Gasteiger partial charge in [-0.15, -0.1) is 34.9 Å². The van der Waals surface area contributed by atoms with Crippen molar-refractivity contribution in [3.63, 3.8) is 0 Å². The van der Waals surface area contributed by atoms with E-state index in [9.17, 15) is 9.90 Å². The molecule has 3 rings (SSSR count). The Bertz CT molecular complexity index is 1220. The van der Waals surface area contributed by atoms with Crippen molar-refractivity contribution in [2.45, 2.75) is 88.0 Å². The van der Waals surface area contributed by atoms with Gasteiger partial charge in [-0.05, 0) is 46.9 Å². The third kappa shape index (κ3) is 8.62. The van der Waals surface area contributed by atoms with Crippen LogP contribution in [0.1, 0.15) is 90.8 Å². The molecule has 0 bridgehead atoms. The van der Waals surface area contributed by atoms with Gasteiger partial charge in [0.25, 0.3) is 0 Å². The maximum absolute atomic E-state index is 11.8. The van der Waals surface area contributed by atoms with Crippen LogP contribution in [0.25, 0.3) is 22.0 Å². The summed E-state index contributed by atoms with van der Waals surface area (Å²) in [6, 6.07) is 16.5. The molecular weight excluding hydrogens is 635 g/mol. The summed E-state index contributed by atoms with van der Waals surface area (Å²) in [5, 5.41) is 12.3. The Hall–Kier alpha value is -2.29. The van der Waals surface area contributed by atoms with Crippen LogP contribution in [0.2, 0.25) is 0 Å². The summed E-state index contributed by atoms with van der Waals surface area (Å²) in [7, 11) is 0. The summed E-state index contributed by atoms with van der Waals surface area (Å²) in [5.41, 5.74) is 5.18. The van der Waals surface area contributed by atoms with E-state index in [0.29, 0.717) is 5.92 Å². The van der Waals surface area contributed by atoms with E-state index in [-0.39, 0.29) is 42.5 Å². The minimum absolute atomic E-state index is 0. The number of aryl methyl sites for hydroxylation is 2. The van der Waals surface area contributed by atoms with Crippen molar-refractivity contribution in [3.05, 3.63) is 77.2 Å². The van der Waals surface area contributed by atoms with Gasteiger partial charge in [0.2, 0.25) is 0 Å². The zero-order valence-electron chi connectivity index (χ0n) is 24.2. The van der Waals surface area contributed by atoms with Crippen molar-refractivity contribution in [3.8, 4) is 11.3 Å². The molecule has 2 aromatic carbocycles. The van der Waals surface area contributed by atoms with Gasteiger partial charge in [0.1, 0.15) is 5.76 Å². The van der Waals surface area contributed by atoms with E-state index in [1.54, 1.807) is 0 Å². The minimum atomic E-state index is -0.377. The van der Waals surface area contributed by atoms with Gasteiger partial charge >= 0.3 is 0 Å². The third-order valence-corrected chi connectivity index (χ3v) is 7.26. The zero-order valence-corrected chi connectivity index (χ0v) is 26.6. The van der Waals surface area contributed by atoms with Crippen molar-refractivity contribution in [2.75, 3.05) is 0 Å². The molecule has 0 unspecified atom stereocenters. The number of hydrogen-bond acceptors (Lipinski definition) is 3. The van der Waals surface area contributed by atoms with Crippen LogP contribution in [0, 0.1) is 30.7 Å². The number of aliphatic hydroxyl groups excluding tert-OH is 1. The minimum Gasteiger partial charge on any atom is -0.512 e. The van der Waals surface area contributed by atoms with E-state index in [4.69, 9.17) is 0 Å². The molecule has 1 aromatic heterocycles. The summed E-state index contributed by atoms with van der Waals surface area (Å²) < 4.78 is 0. The normalized spacial score (nSPS) is 12.1. The summed E-state index contributed by atoms with van der Waals surface area (Å²) in [6.45, 7) is 20.3. The Kier molecular flexibility index (Phi) is 11.9. The maximum atomic E-state index is 11.8. The van der Waals surface area contributed by atoms with Crippen LogP contribution in [0.3, 0.4) is 0 Å². The Balaban J connectivity index is 0.000000384. The molecule has 37 heavy (non-hydrogen) atoms. The van der Waals surface area contributed by atoms with Crippen LogP contribution in [-0.2, 0) is 24.9 Å². The standard InChI is InChI=1S/C20H20N.C13H24O2.Ir/c1-13(2)17-6-5-16-7-8-21-20(19(16)12-17)18-10-14(3)9-15(4)11-18;1-7-12(3,4)10(14)9-11(15)13(5,6)8-2;/h5-10,12-13H,1-4H3;9,14H,7-8H2,1-6H3;/q-1;;/b;10-9-;. The number of fused-ring (bicyclic) bond motifs is 1. The van der Waals surface area contributed by atoms with Gasteiger partial charge in [-0.1, -0.05) is 87.4 Å².